The maximum Gasteiger partial charge on any atom is 0.255 e. The van der Waals surface area contributed by atoms with Crippen LogP contribution in [0.2, 0.25) is 0 Å². The number of carbonyl (C=O) groups excluding carboxylic acids is 4. The van der Waals surface area contributed by atoms with Crippen LogP contribution in [0.1, 0.15) is 27.9 Å². The molecule has 0 aliphatic heterocycles. The summed E-state index contributed by atoms with van der Waals surface area (Å²) < 4.78 is 5.22. The minimum Gasteiger partial charge on any atom is -0.508 e. The van der Waals surface area contributed by atoms with E-state index in [1.54, 1.807) is 24.3 Å². The van der Waals surface area contributed by atoms with Gasteiger partial charge in [0.25, 0.3) is 5.91 Å². The number of aliphatic hydroxyl groups excluding tert-OH is 2. The number of methoxy groups -OCH3 is 1. The summed E-state index contributed by atoms with van der Waals surface area (Å²) in [6.07, 6.45) is 0.721. The number of primary amides is 1. The maximum atomic E-state index is 13.9. The van der Waals surface area contributed by atoms with Gasteiger partial charge in [-0.1, -0.05) is 6.07 Å². The van der Waals surface area contributed by atoms with Crippen LogP contribution < -0.4 is 10.5 Å². The van der Waals surface area contributed by atoms with Crippen LogP contribution >= 0.6 is 0 Å². The highest BCUT2D eigenvalue weighted by atomic mass is 16.5. The summed E-state index contributed by atoms with van der Waals surface area (Å²) in [5.74, 6) is -6.75. The van der Waals surface area contributed by atoms with Gasteiger partial charge in [-0.2, -0.15) is 0 Å². The Balaban J connectivity index is 1.74. The summed E-state index contributed by atoms with van der Waals surface area (Å²) in [5, 5.41) is 44.8. The second kappa shape index (κ2) is 9.32. The SMILES string of the molecule is COc1ccc(-c2ccc(O)c3c2C[C@H]2C[C@H]4[C@H](N(C)C)C(=O)C(C(N)=O)=C(O)[C@@]4(O)C(=O)C2=C3O)c(C=O)c1. The number of nitrogens with zero attached hydrogens (tertiary/aromatic N) is 1. The minimum atomic E-state index is -2.71. The van der Waals surface area contributed by atoms with Crippen LogP contribution in [0.3, 0.4) is 0 Å². The molecule has 208 valence electrons. The number of aromatic hydroxyl groups is 1. The Hall–Kier alpha value is -4.48. The van der Waals surface area contributed by atoms with Gasteiger partial charge in [-0.3, -0.25) is 24.1 Å². The van der Waals surface area contributed by atoms with Crippen molar-refractivity contribution in [3.05, 3.63) is 63.9 Å². The predicted octanol–water partition coefficient (Wildman–Crippen LogP) is 1.45. The van der Waals surface area contributed by atoms with Gasteiger partial charge in [0.2, 0.25) is 5.78 Å². The first-order valence-corrected chi connectivity index (χ1v) is 12.5. The van der Waals surface area contributed by atoms with Gasteiger partial charge in [0, 0.05) is 17.1 Å². The quantitative estimate of drug-likeness (QED) is 0.270. The van der Waals surface area contributed by atoms with E-state index in [4.69, 9.17) is 10.5 Å². The molecule has 0 saturated heterocycles. The van der Waals surface area contributed by atoms with E-state index in [0.29, 0.717) is 34.3 Å². The lowest BCUT2D eigenvalue weighted by atomic mass is 9.57. The Kier molecular flexibility index (Phi) is 6.31. The van der Waals surface area contributed by atoms with Crippen LogP contribution in [-0.2, 0) is 20.8 Å². The summed E-state index contributed by atoms with van der Waals surface area (Å²) in [7, 11) is 4.54. The monoisotopic (exact) mass is 548 g/mol. The molecule has 40 heavy (non-hydrogen) atoms. The molecule has 0 radical (unpaired) electrons. The van der Waals surface area contributed by atoms with Crippen molar-refractivity contribution in [3.63, 3.8) is 0 Å². The number of aliphatic hydroxyl groups is 3. The number of phenolic OH excluding ortho intramolecular Hbond substituents is 1. The van der Waals surface area contributed by atoms with E-state index in [1.807, 2.05) is 0 Å². The zero-order chi connectivity index (χ0) is 29.3. The van der Waals surface area contributed by atoms with Crippen molar-refractivity contribution in [2.75, 3.05) is 21.2 Å². The molecule has 0 bridgehead atoms. The van der Waals surface area contributed by atoms with E-state index in [2.05, 4.69) is 0 Å². The first kappa shape index (κ1) is 27.1. The molecule has 0 aromatic heterocycles. The summed E-state index contributed by atoms with van der Waals surface area (Å²) in [5.41, 5.74) is 3.26. The molecule has 1 saturated carbocycles. The molecule has 4 atom stereocenters. The third-order valence-corrected chi connectivity index (χ3v) is 8.28. The highest BCUT2D eigenvalue weighted by molar-refractivity contribution is 6.24. The largest absolute Gasteiger partial charge is 0.508 e. The van der Waals surface area contributed by atoms with Crippen LogP contribution in [0.4, 0.5) is 0 Å². The number of amides is 1. The molecule has 11 heteroatoms. The highest BCUT2D eigenvalue weighted by Gasteiger charge is 2.64. The predicted molar refractivity (Wildman–Crippen MR) is 142 cm³/mol. The molecule has 0 spiro atoms. The standard InChI is InChI=1S/C29H28N2O9/c1-31(2)23-18-10-12-9-17-16(15-5-4-14(40-3)8-13(15)11-32)6-7-19(33)21(17)24(34)20(12)26(36)29(18,39)27(37)22(25(23)35)28(30)38/h4-8,11-12,18,23,33-34,37,39H,9-10H2,1-3H3,(H2,30,38)/t12-,18-,23-,29-/m0/s1. The van der Waals surface area contributed by atoms with E-state index in [9.17, 15) is 39.6 Å². The van der Waals surface area contributed by atoms with Crippen molar-refractivity contribution in [3.8, 4) is 22.6 Å². The third-order valence-electron chi connectivity index (χ3n) is 8.28. The fourth-order valence-corrected chi connectivity index (χ4v) is 6.51. The number of Topliss-reactive ketones (excluding diaryl/α,β-unsaturated/α-hetero) is 2. The number of hydrogen-bond acceptors (Lipinski definition) is 10. The van der Waals surface area contributed by atoms with E-state index in [-0.39, 0.29) is 29.7 Å². The van der Waals surface area contributed by atoms with Gasteiger partial charge in [-0.05, 0) is 73.8 Å². The Labute approximate surface area is 228 Å². The van der Waals surface area contributed by atoms with Gasteiger partial charge in [0.05, 0.1) is 18.7 Å². The number of benzene rings is 2. The molecule has 5 rings (SSSR count). The average Bonchev–Trinajstić information content (AvgIpc) is 2.90. The average molecular weight is 549 g/mol. The van der Waals surface area contributed by atoms with Crippen LogP contribution in [-0.4, -0.2) is 81.9 Å². The van der Waals surface area contributed by atoms with Gasteiger partial charge in [-0.25, -0.2) is 0 Å². The lowest BCUT2D eigenvalue weighted by Gasteiger charge is -2.50. The number of fused-ring (bicyclic) bond motifs is 3. The molecule has 0 unspecified atom stereocenters. The molecule has 3 aliphatic rings. The molecule has 11 nitrogen and oxygen atoms in total. The summed E-state index contributed by atoms with van der Waals surface area (Å²) >= 11 is 0. The fraction of sp³-hybridized carbons (Fsp3) is 0.310. The minimum absolute atomic E-state index is 0.0377. The molecule has 1 fully saturated rings. The van der Waals surface area contributed by atoms with E-state index >= 15 is 0 Å². The summed E-state index contributed by atoms with van der Waals surface area (Å²) in [6.45, 7) is 0. The number of hydrogen-bond donors (Lipinski definition) is 5. The lowest BCUT2D eigenvalue weighted by Crippen LogP contribution is -2.65. The van der Waals surface area contributed by atoms with Crippen molar-refractivity contribution < 1.29 is 44.3 Å². The molecule has 0 heterocycles. The van der Waals surface area contributed by atoms with Gasteiger partial charge in [0.15, 0.2) is 17.7 Å². The maximum absolute atomic E-state index is 13.9. The van der Waals surface area contributed by atoms with Crippen molar-refractivity contribution in [2.45, 2.75) is 24.5 Å². The lowest BCUT2D eigenvalue weighted by molar-refractivity contribution is -0.153. The third kappa shape index (κ3) is 3.58. The van der Waals surface area contributed by atoms with Crippen LogP contribution in [0.25, 0.3) is 16.9 Å². The van der Waals surface area contributed by atoms with Crippen molar-refractivity contribution in [1.29, 1.82) is 0 Å². The second-order valence-corrected chi connectivity index (χ2v) is 10.5. The van der Waals surface area contributed by atoms with Crippen LogP contribution in [0, 0.1) is 11.8 Å². The Morgan fingerprint density at radius 2 is 1.80 bits per heavy atom. The topological polar surface area (TPSA) is 188 Å². The van der Waals surface area contributed by atoms with Gasteiger partial charge >= 0.3 is 0 Å². The van der Waals surface area contributed by atoms with Crippen molar-refractivity contribution in [1.82, 2.24) is 4.90 Å². The molecular weight excluding hydrogens is 520 g/mol. The fourth-order valence-electron chi connectivity index (χ4n) is 6.51. The number of nitrogens with two attached hydrogens (primary N) is 1. The normalized spacial score (nSPS) is 25.9. The Morgan fingerprint density at radius 3 is 2.40 bits per heavy atom. The number of aldehydes is 1. The molecule has 2 aromatic carbocycles. The van der Waals surface area contributed by atoms with Gasteiger partial charge in [-0.15, -0.1) is 0 Å². The van der Waals surface area contributed by atoms with Gasteiger partial charge < -0.3 is 30.9 Å². The highest BCUT2D eigenvalue weighted by Crippen LogP contribution is 2.53. The number of likely N-dealkylation sites (N-methyl/N-ethyl adjacent to an activating group) is 1. The molecular formula is C29H28N2O9. The number of carbonyl (C=O) groups is 4. The number of rotatable bonds is 5. The first-order chi connectivity index (χ1) is 18.9. The van der Waals surface area contributed by atoms with Gasteiger partial charge in [0.1, 0.15) is 28.6 Å². The molecule has 6 N–H and O–H groups in total. The number of ether oxygens (including phenoxy) is 1. The zero-order valence-corrected chi connectivity index (χ0v) is 22.0. The van der Waals surface area contributed by atoms with Crippen LogP contribution in [0.5, 0.6) is 11.5 Å². The first-order valence-electron chi connectivity index (χ1n) is 12.5. The number of ketones is 2. The van der Waals surface area contributed by atoms with Crippen molar-refractivity contribution >= 4 is 29.5 Å². The number of phenols is 1. The summed E-state index contributed by atoms with van der Waals surface area (Å²) in [4.78, 5) is 52.7. The molecule has 1 amide bonds. The molecule has 2 aromatic rings. The zero-order valence-electron chi connectivity index (χ0n) is 22.0. The Bertz CT molecular complexity index is 1570. The van der Waals surface area contributed by atoms with E-state index in [1.165, 1.54) is 32.2 Å². The smallest absolute Gasteiger partial charge is 0.255 e. The van der Waals surface area contributed by atoms with Crippen LogP contribution in [0.15, 0.2) is 47.2 Å². The molecule has 3 aliphatic carbocycles. The van der Waals surface area contributed by atoms with E-state index < -0.39 is 58.0 Å². The summed E-state index contributed by atoms with van der Waals surface area (Å²) in [6, 6.07) is 6.63. The Morgan fingerprint density at radius 1 is 1.12 bits per heavy atom. The van der Waals surface area contributed by atoms with E-state index in [0.717, 1.165) is 0 Å². The van der Waals surface area contributed by atoms with Crippen molar-refractivity contribution in [2.24, 2.45) is 17.6 Å². The second-order valence-electron chi connectivity index (χ2n) is 10.5.